The molecule has 0 fully saturated rings. The molecular weight excluding hydrogens is 160 g/mol. The molecule has 2 N–H and O–H groups in total. The molecule has 2 heterocycles. The van der Waals surface area contributed by atoms with E-state index in [1.54, 1.807) is 29.1 Å². The van der Waals surface area contributed by atoms with Gasteiger partial charge in [0.2, 0.25) is 5.88 Å². The van der Waals surface area contributed by atoms with Gasteiger partial charge in [0, 0.05) is 13.1 Å². The summed E-state index contributed by atoms with van der Waals surface area (Å²) in [5, 5.41) is 11.3. The summed E-state index contributed by atoms with van der Waals surface area (Å²) in [5.74, 6) is 0.259. The lowest BCUT2D eigenvalue weighted by molar-refractivity contribution is 0.438. The number of aromatic hydroxyl groups is 1. The first-order valence-electron chi connectivity index (χ1n) is 3.28. The van der Waals surface area contributed by atoms with Crippen molar-refractivity contribution in [1.29, 1.82) is 0 Å². The maximum atomic E-state index is 9.33. The molecule has 0 aliphatic carbocycles. The first-order chi connectivity index (χ1) is 5.33. The zero-order valence-electron chi connectivity index (χ0n) is 6.03. The molecule has 3 nitrogen and oxygen atoms in total. The van der Waals surface area contributed by atoms with Crippen LogP contribution in [-0.2, 0) is 0 Å². The quantitative estimate of drug-likeness (QED) is 0.678. The van der Waals surface area contributed by atoms with E-state index in [4.69, 9.17) is 0 Å². The summed E-state index contributed by atoms with van der Waals surface area (Å²) in [4.78, 5) is 0. The molecule has 2 aromatic rings. The molecule has 0 unspecified atom stereocenters. The molecule has 2 rings (SSSR count). The number of thiophene rings is 1. The zero-order valence-corrected chi connectivity index (χ0v) is 6.85. The van der Waals surface area contributed by atoms with E-state index in [-0.39, 0.29) is 5.88 Å². The fourth-order valence-electron chi connectivity index (χ4n) is 1.15. The second-order valence-corrected chi connectivity index (χ2v) is 3.18. The summed E-state index contributed by atoms with van der Waals surface area (Å²) in [6.07, 6.45) is 0. The van der Waals surface area contributed by atoms with Crippen molar-refractivity contribution in [3.8, 4) is 5.88 Å². The number of nitrogens with zero attached hydrogens (tertiary/aromatic N) is 1. The van der Waals surface area contributed by atoms with Crippen LogP contribution >= 0.6 is 11.3 Å². The van der Waals surface area contributed by atoms with Crippen molar-refractivity contribution < 1.29 is 5.11 Å². The highest BCUT2D eigenvalue weighted by molar-refractivity contribution is 7.17. The minimum atomic E-state index is 0.259. The smallest absolute Gasteiger partial charge is 0.211 e. The summed E-state index contributed by atoms with van der Waals surface area (Å²) < 4.78 is 2.74. The summed E-state index contributed by atoms with van der Waals surface area (Å²) >= 11 is 1.62. The Hall–Kier alpha value is -1.16. The van der Waals surface area contributed by atoms with Gasteiger partial charge < -0.3 is 10.5 Å². The van der Waals surface area contributed by atoms with Gasteiger partial charge in [0.25, 0.3) is 0 Å². The number of nitrogens with one attached hydrogen (secondary N) is 1. The SMILES string of the molecule is CNn1c(O)cc2sccc21. The molecule has 0 aliphatic rings. The molecule has 0 radical (unpaired) electrons. The number of hydrogen-bond donors (Lipinski definition) is 2. The molecule has 0 aromatic carbocycles. The normalized spacial score (nSPS) is 10.6. The van der Waals surface area contributed by atoms with Gasteiger partial charge in [-0.05, 0) is 11.4 Å². The zero-order chi connectivity index (χ0) is 7.84. The lowest BCUT2D eigenvalue weighted by atomic mass is 10.5. The van der Waals surface area contributed by atoms with Gasteiger partial charge in [-0.25, -0.2) is 4.68 Å². The van der Waals surface area contributed by atoms with E-state index in [2.05, 4.69) is 5.43 Å². The molecule has 0 saturated carbocycles. The van der Waals surface area contributed by atoms with Gasteiger partial charge in [-0.2, -0.15) is 0 Å². The molecule has 0 aliphatic heterocycles. The highest BCUT2D eigenvalue weighted by Gasteiger charge is 2.05. The number of rotatable bonds is 1. The molecule has 0 bridgehead atoms. The van der Waals surface area contributed by atoms with Crippen LogP contribution in [0.3, 0.4) is 0 Å². The summed E-state index contributed by atoms with van der Waals surface area (Å²) in [6, 6.07) is 3.72. The van der Waals surface area contributed by atoms with Gasteiger partial charge in [-0.15, -0.1) is 11.3 Å². The Balaban J connectivity index is 2.80. The van der Waals surface area contributed by atoms with Crippen molar-refractivity contribution in [3.63, 3.8) is 0 Å². The van der Waals surface area contributed by atoms with Crippen LogP contribution < -0.4 is 5.43 Å². The standard InChI is InChI=1S/C7H8N2OS/c1-8-9-5-2-3-11-6(5)4-7(9)10/h2-4,8,10H,1H3. The highest BCUT2D eigenvalue weighted by Crippen LogP contribution is 2.27. The summed E-state index contributed by atoms with van der Waals surface area (Å²) in [7, 11) is 1.77. The van der Waals surface area contributed by atoms with Gasteiger partial charge >= 0.3 is 0 Å². The molecule has 58 valence electrons. The number of aromatic nitrogens is 1. The van der Waals surface area contributed by atoms with E-state index < -0.39 is 0 Å². The molecular formula is C7H8N2OS. The van der Waals surface area contributed by atoms with Crippen molar-refractivity contribution in [3.05, 3.63) is 17.5 Å². The third-order valence-corrected chi connectivity index (χ3v) is 2.48. The fraction of sp³-hybridized carbons (Fsp3) is 0.143. The monoisotopic (exact) mass is 168 g/mol. The van der Waals surface area contributed by atoms with Crippen LogP contribution in [0.2, 0.25) is 0 Å². The Kier molecular flexibility index (Phi) is 1.29. The molecule has 2 aromatic heterocycles. The predicted octanol–water partition coefficient (Wildman–Crippen LogP) is 1.58. The molecule has 0 atom stereocenters. The Labute approximate surface area is 67.9 Å². The minimum Gasteiger partial charge on any atom is -0.493 e. The van der Waals surface area contributed by atoms with Gasteiger partial charge in [-0.3, -0.25) is 0 Å². The van der Waals surface area contributed by atoms with E-state index >= 15 is 0 Å². The Morgan fingerprint density at radius 1 is 1.64 bits per heavy atom. The first kappa shape index (κ1) is 6.54. The number of fused-ring (bicyclic) bond motifs is 1. The lowest BCUT2D eigenvalue weighted by Crippen LogP contribution is -2.06. The van der Waals surface area contributed by atoms with Gasteiger partial charge in [-0.1, -0.05) is 0 Å². The van der Waals surface area contributed by atoms with Crippen LogP contribution in [0.5, 0.6) is 5.88 Å². The van der Waals surface area contributed by atoms with E-state index in [0.717, 1.165) is 10.2 Å². The van der Waals surface area contributed by atoms with E-state index in [0.29, 0.717) is 0 Å². The van der Waals surface area contributed by atoms with Crippen LogP contribution in [0.15, 0.2) is 17.5 Å². The van der Waals surface area contributed by atoms with Crippen molar-refractivity contribution in [2.75, 3.05) is 12.5 Å². The molecule has 4 heteroatoms. The van der Waals surface area contributed by atoms with Crippen LogP contribution in [0.1, 0.15) is 0 Å². The molecule has 11 heavy (non-hydrogen) atoms. The molecule has 0 amide bonds. The van der Waals surface area contributed by atoms with Gasteiger partial charge in [0.1, 0.15) is 0 Å². The van der Waals surface area contributed by atoms with Crippen molar-refractivity contribution >= 4 is 21.6 Å². The van der Waals surface area contributed by atoms with E-state index in [1.165, 1.54) is 0 Å². The lowest BCUT2D eigenvalue weighted by Gasteiger charge is -2.01. The second-order valence-electron chi connectivity index (χ2n) is 2.23. The minimum absolute atomic E-state index is 0.259. The average molecular weight is 168 g/mol. The third kappa shape index (κ3) is 0.793. The second kappa shape index (κ2) is 2.17. The largest absolute Gasteiger partial charge is 0.493 e. The topological polar surface area (TPSA) is 37.2 Å². The van der Waals surface area contributed by atoms with E-state index in [9.17, 15) is 5.11 Å². The maximum Gasteiger partial charge on any atom is 0.211 e. The third-order valence-electron chi connectivity index (χ3n) is 1.63. The maximum absolute atomic E-state index is 9.33. The number of hydrogen-bond acceptors (Lipinski definition) is 3. The van der Waals surface area contributed by atoms with Crippen molar-refractivity contribution in [2.24, 2.45) is 0 Å². The van der Waals surface area contributed by atoms with E-state index in [1.807, 2.05) is 11.4 Å². The van der Waals surface area contributed by atoms with Gasteiger partial charge in [0.15, 0.2) is 0 Å². The van der Waals surface area contributed by atoms with Crippen LogP contribution in [0, 0.1) is 0 Å². The van der Waals surface area contributed by atoms with Crippen molar-refractivity contribution in [1.82, 2.24) is 4.68 Å². The molecule has 0 spiro atoms. The average Bonchev–Trinajstić information content (AvgIpc) is 2.46. The van der Waals surface area contributed by atoms with Crippen LogP contribution in [-0.4, -0.2) is 16.8 Å². The summed E-state index contributed by atoms with van der Waals surface area (Å²) in [5.41, 5.74) is 3.90. The van der Waals surface area contributed by atoms with Crippen LogP contribution in [0.25, 0.3) is 10.2 Å². The predicted molar refractivity (Wildman–Crippen MR) is 46.8 cm³/mol. The van der Waals surface area contributed by atoms with Crippen molar-refractivity contribution in [2.45, 2.75) is 0 Å². The fourth-order valence-corrected chi connectivity index (χ4v) is 1.94. The molecule has 0 saturated heterocycles. The Morgan fingerprint density at radius 3 is 3.18 bits per heavy atom. The Morgan fingerprint density at radius 2 is 2.45 bits per heavy atom. The summed E-state index contributed by atoms with van der Waals surface area (Å²) in [6.45, 7) is 0. The Bertz CT molecular complexity index is 377. The first-order valence-corrected chi connectivity index (χ1v) is 4.16. The van der Waals surface area contributed by atoms with Gasteiger partial charge in [0.05, 0.1) is 10.2 Å². The van der Waals surface area contributed by atoms with Crippen LogP contribution in [0.4, 0.5) is 0 Å². The highest BCUT2D eigenvalue weighted by atomic mass is 32.1.